The molecule has 9 nitrogen and oxygen atoms in total. The van der Waals surface area contributed by atoms with Crippen LogP contribution in [-0.4, -0.2) is 34.2 Å². The van der Waals surface area contributed by atoms with Crippen molar-refractivity contribution in [2.75, 3.05) is 13.6 Å². The Morgan fingerprint density at radius 2 is 2.03 bits per heavy atom. The van der Waals surface area contributed by atoms with Crippen LogP contribution in [0.5, 0.6) is 0 Å². The molecule has 0 atom stereocenters. The Morgan fingerprint density at radius 1 is 1.23 bits per heavy atom. The zero-order valence-electron chi connectivity index (χ0n) is 20.1. The molecule has 1 aliphatic heterocycles. The number of aryl methyl sites for hydroxylation is 1. The van der Waals surface area contributed by atoms with E-state index in [1.165, 1.54) is 0 Å². The van der Waals surface area contributed by atoms with E-state index in [1.807, 2.05) is 26.0 Å². The molecule has 1 amide bonds. The molecule has 0 saturated heterocycles. The van der Waals surface area contributed by atoms with Crippen molar-refractivity contribution in [3.8, 4) is 22.5 Å². The molecule has 4 rings (SSSR count). The van der Waals surface area contributed by atoms with Crippen molar-refractivity contribution >= 4 is 23.6 Å². The van der Waals surface area contributed by atoms with Crippen LogP contribution in [0.4, 0.5) is 0 Å². The lowest BCUT2D eigenvalue weighted by Gasteiger charge is -2.12. The Kier molecular flexibility index (Phi) is 7.16. The van der Waals surface area contributed by atoms with E-state index in [2.05, 4.69) is 26.9 Å². The summed E-state index contributed by atoms with van der Waals surface area (Å²) in [6.07, 6.45) is 3.47. The number of pyridine rings is 1. The average Bonchev–Trinajstić information content (AvgIpc) is 3.21. The summed E-state index contributed by atoms with van der Waals surface area (Å²) in [6.45, 7) is 6.19. The molecule has 3 aromatic rings. The first-order valence-electron chi connectivity index (χ1n) is 11.5. The molecule has 0 unspecified atom stereocenters. The van der Waals surface area contributed by atoms with Crippen molar-refractivity contribution < 1.29 is 9.32 Å². The van der Waals surface area contributed by atoms with Crippen molar-refractivity contribution in [1.82, 2.24) is 25.3 Å². The lowest BCUT2D eigenvalue weighted by Crippen LogP contribution is -2.44. The molecule has 0 radical (unpaired) electrons. The van der Waals surface area contributed by atoms with E-state index < -0.39 is 0 Å². The number of halogens is 1. The van der Waals surface area contributed by atoms with Crippen LogP contribution in [0.3, 0.4) is 0 Å². The van der Waals surface area contributed by atoms with Crippen LogP contribution in [0.2, 0.25) is 5.02 Å². The smallest absolute Gasteiger partial charge is 0.260 e. The van der Waals surface area contributed by atoms with Gasteiger partial charge in [-0.05, 0) is 37.5 Å². The number of fused-ring (bicyclic) bond motifs is 1. The van der Waals surface area contributed by atoms with Crippen molar-refractivity contribution in [3.05, 3.63) is 67.6 Å². The summed E-state index contributed by atoms with van der Waals surface area (Å²) in [5.74, 6) is 1.37. The van der Waals surface area contributed by atoms with Gasteiger partial charge >= 0.3 is 0 Å². The lowest BCUT2D eigenvalue weighted by atomic mass is 10.0. The molecule has 0 saturated carbocycles. The van der Waals surface area contributed by atoms with Gasteiger partial charge in [0.15, 0.2) is 0 Å². The van der Waals surface area contributed by atoms with E-state index >= 15 is 0 Å². The average molecular weight is 495 g/mol. The van der Waals surface area contributed by atoms with E-state index in [-0.39, 0.29) is 18.0 Å². The lowest BCUT2D eigenvalue weighted by molar-refractivity contribution is -0.119. The van der Waals surface area contributed by atoms with Gasteiger partial charge in [0.2, 0.25) is 17.6 Å². The van der Waals surface area contributed by atoms with Crippen molar-refractivity contribution in [2.45, 2.75) is 40.2 Å². The third-order valence-corrected chi connectivity index (χ3v) is 6.21. The first kappa shape index (κ1) is 24.4. The van der Waals surface area contributed by atoms with Crippen molar-refractivity contribution in [1.29, 1.82) is 0 Å². The van der Waals surface area contributed by atoms with Crippen LogP contribution in [0.1, 0.15) is 32.6 Å². The fourth-order valence-corrected chi connectivity index (χ4v) is 4.26. The fraction of sp³-hybridized carbons (Fsp3) is 0.320. The first-order chi connectivity index (χ1) is 16.9. The van der Waals surface area contributed by atoms with E-state index in [1.54, 1.807) is 30.7 Å². The molecule has 35 heavy (non-hydrogen) atoms. The maximum atomic E-state index is 13.6. The molecule has 1 aromatic carbocycles. The quantitative estimate of drug-likeness (QED) is 0.521. The van der Waals surface area contributed by atoms with Crippen molar-refractivity contribution in [3.63, 3.8) is 0 Å². The molecule has 2 aromatic heterocycles. The fourth-order valence-electron chi connectivity index (χ4n) is 3.97. The minimum atomic E-state index is -0.195. The predicted molar refractivity (Wildman–Crippen MR) is 134 cm³/mol. The minimum absolute atomic E-state index is 0.102. The highest BCUT2D eigenvalue weighted by atomic mass is 35.5. The summed E-state index contributed by atoms with van der Waals surface area (Å²) in [5.41, 5.74) is 3.21. The molecule has 182 valence electrons. The number of rotatable bonds is 7. The van der Waals surface area contributed by atoms with Crippen LogP contribution >= 0.6 is 11.6 Å². The van der Waals surface area contributed by atoms with Gasteiger partial charge in [-0.15, -0.1) is 0 Å². The molecular formula is C25H27ClN6O3. The third kappa shape index (κ3) is 4.90. The topological polar surface area (TPSA) is 114 Å². The molecular weight excluding hydrogens is 468 g/mol. The number of carbonyl (C=O) groups is 1. The Hall–Kier alpha value is -3.72. The van der Waals surface area contributed by atoms with Gasteiger partial charge < -0.3 is 15.2 Å². The summed E-state index contributed by atoms with van der Waals surface area (Å²) in [6, 6.07) is 7.18. The van der Waals surface area contributed by atoms with E-state index in [4.69, 9.17) is 21.1 Å². The van der Waals surface area contributed by atoms with Crippen LogP contribution < -0.4 is 26.9 Å². The van der Waals surface area contributed by atoms with Gasteiger partial charge in [-0.2, -0.15) is 4.98 Å². The SMILES string of the molecule is CCC1=C(NCC(=O)NC)N=c2c(cc(-c3ccc(-c4noc(C)n4)cc3Cl)c(=O)n2CC)=CC1. The summed E-state index contributed by atoms with van der Waals surface area (Å²) in [7, 11) is 1.59. The second-order valence-corrected chi connectivity index (χ2v) is 8.48. The number of amides is 1. The van der Waals surface area contributed by atoms with Gasteiger partial charge in [-0.3, -0.25) is 14.2 Å². The highest BCUT2D eigenvalue weighted by Crippen LogP contribution is 2.29. The number of likely N-dealkylation sites (N-methyl/N-ethyl adjacent to an activating group) is 1. The summed E-state index contributed by atoms with van der Waals surface area (Å²) >= 11 is 6.63. The van der Waals surface area contributed by atoms with Crippen LogP contribution in [0.25, 0.3) is 28.6 Å². The number of carbonyl (C=O) groups excluding carboxylic acids is 1. The van der Waals surface area contributed by atoms with Gasteiger partial charge in [-0.1, -0.05) is 41.9 Å². The normalized spacial score (nSPS) is 12.9. The Bertz CT molecular complexity index is 1500. The summed E-state index contributed by atoms with van der Waals surface area (Å²) < 4.78 is 6.69. The molecule has 2 N–H and O–H groups in total. The third-order valence-electron chi connectivity index (χ3n) is 5.89. The molecule has 1 aliphatic rings. The molecule has 10 heteroatoms. The number of nitrogens with zero attached hydrogens (tertiary/aromatic N) is 4. The predicted octanol–water partition coefficient (Wildman–Crippen LogP) is 2.31. The monoisotopic (exact) mass is 494 g/mol. The Labute approximate surface area is 207 Å². The van der Waals surface area contributed by atoms with Gasteiger partial charge in [0.1, 0.15) is 11.3 Å². The number of aromatic nitrogens is 3. The molecule has 3 heterocycles. The second kappa shape index (κ2) is 10.3. The van der Waals surface area contributed by atoms with Crippen LogP contribution in [0, 0.1) is 6.92 Å². The maximum absolute atomic E-state index is 13.6. The number of benzene rings is 1. The Morgan fingerprint density at radius 3 is 2.66 bits per heavy atom. The first-order valence-corrected chi connectivity index (χ1v) is 11.8. The van der Waals surface area contributed by atoms with E-state index in [0.29, 0.717) is 57.7 Å². The van der Waals surface area contributed by atoms with Gasteiger partial charge in [-0.25, -0.2) is 4.99 Å². The maximum Gasteiger partial charge on any atom is 0.260 e. The Balaban J connectivity index is 1.84. The highest BCUT2D eigenvalue weighted by molar-refractivity contribution is 6.33. The van der Waals surface area contributed by atoms with Gasteiger partial charge in [0, 0.05) is 47.4 Å². The summed E-state index contributed by atoms with van der Waals surface area (Å²) in [5, 5.41) is 10.9. The van der Waals surface area contributed by atoms with Crippen LogP contribution in [0.15, 0.2) is 50.0 Å². The highest BCUT2D eigenvalue weighted by Gasteiger charge is 2.17. The van der Waals surface area contributed by atoms with Crippen LogP contribution in [-0.2, 0) is 11.3 Å². The molecule has 0 aliphatic carbocycles. The number of allylic oxidation sites excluding steroid dienone is 1. The largest absolute Gasteiger partial charge is 0.361 e. The van der Waals surface area contributed by atoms with Gasteiger partial charge in [0.05, 0.1) is 6.54 Å². The number of nitrogens with one attached hydrogen (secondary N) is 2. The van der Waals surface area contributed by atoms with E-state index in [0.717, 1.165) is 17.2 Å². The molecule has 0 fully saturated rings. The zero-order valence-corrected chi connectivity index (χ0v) is 20.9. The second-order valence-electron chi connectivity index (χ2n) is 8.07. The summed E-state index contributed by atoms with van der Waals surface area (Å²) in [4.78, 5) is 34.4. The number of hydrogen-bond acceptors (Lipinski definition) is 7. The van der Waals surface area contributed by atoms with Gasteiger partial charge in [0.25, 0.3) is 5.56 Å². The van der Waals surface area contributed by atoms with E-state index in [9.17, 15) is 9.59 Å². The molecule has 0 spiro atoms. The molecule has 0 bridgehead atoms. The zero-order chi connectivity index (χ0) is 25.1. The minimum Gasteiger partial charge on any atom is -0.361 e. The van der Waals surface area contributed by atoms with Crippen molar-refractivity contribution in [2.24, 2.45) is 4.99 Å². The standard InChI is InChI=1S/C25H27ClN6O3/c1-5-15-7-8-17-11-19(18-10-9-16(12-20(18)26)23-29-14(3)35-31-23)25(34)32(6-2)24(17)30-22(15)28-13-21(33)27-4/h8-12,28H,5-7,13H2,1-4H3,(H,27,33). The number of hydrogen-bond donors (Lipinski definition) is 2.